The second kappa shape index (κ2) is 15.8. The number of aromatic nitrogens is 2. The Hall–Kier alpha value is -4.33. The second-order valence-electron chi connectivity index (χ2n) is 11.5. The maximum Gasteiger partial charge on any atom is 0.224 e. The highest BCUT2D eigenvalue weighted by Crippen LogP contribution is 2.23. The number of nitrogens with one attached hydrogen (secondary N) is 2. The first kappa shape index (κ1) is 31.6. The van der Waals surface area contributed by atoms with Crippen molar-refractivity contribution in [2.75, 3.05) is 0 Å². The zero-order valence-electron chi connectivity index (χ0n) is 24.9. The molecule has 0 radical (unpaired) electrons. The van der Waals surface area contributed by atoms with Gasteiger partial charge in [-0.25, -0.2) is 4.98 Å². The van der Waals surface area contributed by atoms with Gasteiger partial charge in [0.1, 0.15) is 6.10 Å². The van der Waals surface area contributed by atoms with Crippen LogP contribution in [0.4, 0.5) is 0 Å². The standard InChI is InChI=1S/C36H42N4O3/c1-25(2)20-33(35(42)34(41)32(37)22-30-23-38-24-39-30)40-36(43)29(16-8-4-7-14-26-12-5-3-6-13-26)21-28-18-11-17-27-15-9-10-19-31(27)28/h3-15,17-19,23-25,29,32-34,41H,16,20-22,37H2,1-2H3,(H,38,39)(H,40,43)/t29?,32-,33-,34?/m0/s1. The molecule has 0 spiro atoms. The van der Waals surface area contributed by atoms with Gasteiger partial charge in [0.05, 0.1) is 12.4 Å². The molecule has 0 saturated carbocycles. The maximum absolute atomic E-state index is 13.9. The minimum Gasteiger partial charge on any atom is -0.384 e. The number of carbonyl (C=O) groups excluding carboxylic acids is 2. The van der Waals surface area contributed by atoms with Crippen molar-refractivity contribution < 1.29 is 14.7 Å². The third-order valence-electron chi connectivity index (χ3n) is 7.55. The Bertz CT molecular complexity index is 1510. The maximum atomic E-state index is 13.9. The number of allylic oxidation sites excluding steroid dienone is 3. The average molecular weight is 579 g/mol. The molecule has 1 aromatic heterocycles. The highest BCUT2D eigenvalue weighted by molar-refractivity contribution is 5.93. The zero-order valence-corrected chi connectivity index (χ0v) is 24.9. The Kier molecular flexibility index (Phi) is 11.6. The molecule has 7 heteroatoms. The van der Waals surface area contributed by atoms with Crippen molar-refractivity contribution in [3.05, 3.63) is 120 Å². The van der Waals surface area contributed by atoms with Gasteiger partial charge >= 0.3 is 0 Å². The van der Waals surface area contributed by atoms with E-state index in [-0.39, 0.29) is 18.2 Å². The Morgan fingerprint density at radius 3 is 2.47 bits per heavy atom. The molecular formula is C36H42N4O3. The highest BCUT2D eigenvalue weighted by atomic mass is 16.3. The van der Waals surface area contributed by atoms with Crippen LogP contribution in [-0.4, -0.2) is 45.0 Å². The summed E-state index contributed by atoms with van der Waals surface area (Å²) in [4.78, 5) is 34.3. The number of nitrogens with two attached hydrogens (primary N) is 1. The van der Waals surface area contributed by atoms with Crippen molar-refractivity contribution >= 4 is 28.5 Å². The molecule has 5 N–H and O–H groups in total. The van der Waals surface area contributed by atoms with Gasteiger partial charge in [0.2, 0.25) is 5.91 Å². The van der Waals surface area contributed by atoms with Gasteiger partial charge < -0.3 is 21.1 Å². The van der Waals surface area contributed by atoms with Crippen LogP contribution in [0.3, 0.4) is 0 Å². The molecule has 0 aliphatic rings. The lowest BCUT2D eigenvalue weighted by atomic mass is 9.89. The summed E-state index contributed by atoms with van der Waals surface area (Å²) < 4.78 is 0. The molecule has 0 fully saturated rings. The molecule has 2 unspecified atom stereocenters. The smallest absolute Gasteiger partial charge is 0.224 e. The van der Waals surface area contributed by atoms with Gasteiger partial charge in [-0.1, -0.05) is 111 Å². The number of aliphatic hydroxyl groups is 1. The fraction of sp³-hybridized carbons (Fsp3) is 0.306. The summed E-state index contributed by atoms with van der Waals surface area (Å²) in [5.74, 6) is -1.01. The third kappa shape index (κ3) is 9.33. The number of fused-ring (bicyclic) bond motifs is 1. The minimum absolute atomic E-state index is 0.116. The summed E-state index contributed by atoms with van der Waals surface area (Å²) >= 11 is 0. The van der Waals surface area contributed by atoms with Crippen LogP contribution < -0.4 is 11.1 Å². The van der Waals surface area contributed by atoms with Gasteiger partial charge in [0.15, 0.2) is 5.78 Å². The first-order valence-electron chi connectivity index (χ1n) is 14.9. The number of nitrogens with zero attached hydrogens (tertiary/aromatic N) is 1. The van der Waals surface area contributed by atoms with E-state index in [1.807, 2.05) is 86.7 Å². The Labute approximate surface area is 253 Å². The zero-order chi connectivity index (χ0) is 30.6. The lowest BCUT2D eigenvalue weighted by Crippen LogP contribution is -2.53. The lowest BCUT2D eigenvalue weighted by molar-refractivity contribution is -0.135. The molecule has 4 rings (SSSR count). The van der Waals surface area contributed by atoms with Gasteiger partial charge in [-0.2, -0.15) is 0 Å². The van der Waals surface area contributed by atoms with Crippen LogP contribution in [0.25, 0.3) is 16.8 Å². The summed E-state index contributed by atoms with van der Waals surface area (Å²) in [6.45, 7) is 3.97. The first-order valence-corrected chi connectivity index (χ1v) is 14.9. The summed E-state index contributed by atoms with van der Waals surface area (Å²) in [5.41, 5.74) is 9.10. The number of ketones is 1. The number of hydrogen-bond donors (Lipinski definition) is 4. The topological polar surface area (TPSA) is 121 Å². The normalized spacial score (nSPS) is 14.7. The van der Waals surface area contributed by atoms with Crippen molar-refractivity contribution in [2.24, 2.45) is 17.6 Å². The molecule has 43 heavy (non-hydrogen) atoms. The minimum atomic E-state index is -1.42. The van der Waals surface area contributed by atoms with Gasteiger partial charge in [-0.05, 0) is 47.1 Å². The Balaban J connectivity index is 1.52. The Morgan fingerprint density at radius 2 is 1.72 bits per heavy atom. The highest BCUT2D eigenvalue weighted by Gasteiger charge is 2.33. The van der Waals surface area contributed by atoms with Crippen LogP contribution >= 0.6 is 0 Å². The van der Waals surface area contributed by atoms with Gasteiger partial charge in [-0.3, -0.25) is 9.59 Å². The number of benzene rings is 3. The van der Waals surface area contributed by atoms with Crippen molar-refractivity contribution in [3.63, 3.8) is 0 Å². The van der Waals surface area contributed by atoms with E-state index in [1.54, 1.807) is 6.20 Å². The number of rotatable bonds is 15. The molecule has 0 bridgehead atoms. The van der Waals surface area contributed by atoms with Crippen LogP contribution in [0, 0.1) is 11.8 Å². The number of aromatic amines is 1. The van der Waals surface area contributed by atoms with Crippen LogP contribution in [0.5, 0.6) is 0 Å². The number of H-pyrrole nitrogens is 1. The largest absolute Gasteiger partial charge is 0.384 e. The summed E-state index contributed by atoms with van der Waals surface area (Å²) in [5, 5.41) is 16.1. The predicted octanol–water partition coefficient (Wildman–Crippen LogP) is 5.41. The number of imidazole rings is 1. The number of Topliss-reactive ketones (excluding diaryl/α,β-unsaturated/α-hetero) is 1. The SMILES string of the molecule is CC(C)C[C@H](NC(=O)C(CC=CC=Cc1ccccc1)Cc1cccc2ccccc12)C(=O)C(O)[C@@H](N)Cc1cnc[nH]1. The monoisotopic (exact) mass is 578 g/mol. The quantitative estimate of drug-likeness (QED) is 0.141. The van der Waals surface area contributed by atoms with Crippen LogP contribution in [-0.2, 0) is 22.4 Å². The molecule has 1 amide bonds. The molecule has 4 aromatic rings. The molecular weight excluding hydrogens is 536 g/mol. The number of carbonyl (C=O) groups is 2. The third-order valence-corrected chi connectivity index (χ3v) is 7.55. The van der Waals surface area contributed by atoms with E-state index in [9.17, 15) is 14.7 Å². The van der Waals surface area contributed by atoms with Crippen LogP contribution in [0.15, 0.2) is 104 Å². The van der Waals surface area contributed by atoms with Crippen LogP contribution in [0.1, 0.15) is 43.5 Å². The van der Waals surface area contributed by atoms with E-state index < -0.39 is 29.9 Å². The summed E-state index contributed by atoms with van der Waals surface area (Å²) in [6, 6.07) is 22.6. The van der Waals surface area contributed by atoms with E-state index >= 15 is 0 Å². The van der Waals surface area contributed by atoms with Crippen LogP contribution in [0.2, 0.25) is 0 Å². The van der Waals surface area contributed by atoms with E-state index in [4.69, 9.17) is 5.73 Å². The van der Waals surface area contributed by atoms with Gasteiger partial charge in [0, 0.05) is 30.3 Å². The average Bonchev–Trinajstić information content (AvgIpc) is 3.52. The molecule has 3 aromatic carbocycles. The molecule has 7 nitrogen and oxygen atoms in total. The molecule has 1 heterocycles. The number of amides is 1. The van der Waals surface area contributed by atoms with E-state index in [1.165, 1.54) is 6.33 Å². The van der Waals surface area contributed by atoms with Crippen molar-refractivity contribution in [3.8, 4) is 0 Å². The van der Waals surface area contributed by atoms with Crippen molar-refractivity contribution in [1.29, 1.82) is 0 Å². The van der Waals surface area contributed by atoms with Gasteiger partial charge in [-0.15, -0.1) is 0 Å². The molecule has 4 atom stereocenters. The molecule has 0 aliphatic heterocycles. The summed E-state index contributed by atoms with van der Waals surface area (Å²) in [7, 11) is 0. The van der Waals surface area contributed by atoms with Gasteiger partial charge in [0.25, 0.3) is 0 Å². The molecule has 0 aliphatic carbocycles. The van der Waals surface area contributed by atoms with E-state index in [2.05, 4.69) is 39.6 Å². The van der Waals surface area contributed by atoms with Crippen molar-refractivity contribution in [1.82, 2.24) is 15.3 Å². The fourth-order valence-corrected chi connectivity index (χ4v) is 5.26. The Morgan fingerprint density at radius 1 is 0.977 bits per heavy atom. The van der Waals surface area contributed by atoms with E-state index in [0.717, 1.165) is 27.6 Å². The summed E-state index contributed by atoms with van der Waals surface area (Å²) in [6.07, 6.45) is 11.3. The molecule has 224 valence electrons. The van der Waals surface area contributed by atoms with Crippen molar-refractivity contribution in [2.45, 2.75) is 57.7 Å². The second-order valence-corrected chi connectivity index (χ2v) is 11.5. The van der Waals surface area contributed by atoms with E-state index in [0.29, 0.717) is 19.3 Å². The predicted molar refractivity (Wildman–Crippen MR) is 173 cm³/mol. The lowest BCUT2D eigenvalue weighted by Gasteiger charge is -2.27. The first-order chi connectivity index (χ1) is 20.8. The fourth-order valence-electron chi connectivity index (χ4n) is 5.26. The molecule has 0 saturated heterocycles. The number of hydrogen-bond acceptors (Lipinski definition) is 5. The number of aliphatic hydroxyl groups excluding tert-OH is 1.